The van der Waals surface area contributed by atoms with Gasteiger partial charge in [-0.2, -0.15) is 0 Å². The molecule has 2 aliphatic heterocycles. The van der Waals surface area contributed by atoms with Gasteiger partial charge in [-0.05, 0) is 181 Å². The summed E-state index contributed by atoms with van der Waals surface area (Å²) in [6, 6.07) is 69.0. The molecule has 3 heterocycles. The predicted octanol–water partition coefficient (Wildman–Crippen LogP) is 17.5. The molecular weight excluding hydrogens is 912 g/mol. The molecule has 0 bridgehead atoms. The lowest BCUT2D eigenvalue weighted by molar-refractivity contribution is 0.590. The molecule has 1 aromatic heterocycles. The summed E-state index contributed by atoms with van der Waals surface area (Å²) in [5.41, 5.74) is 31.2. The Morgan fingerprint density at radius 1 is 0.486 bits per heavy atom. The van der Waals surface area contributed by atoms with Crippen molar-refractivity contribution in [1.29, 1.82) is 0 Å². The Bertz CT molecular complexity index is 3920. The van der Waals surface area contributed by atoms with Gasteiger partial charge in [0.05, 0.1) is 11.1 Å². The van der Waals surface area contributed by atoms with Crippen molar-refractivity contribution in [2.24, 2.45) is 0 Å². The molecule has 0 unspecified atom stereocenters. The molecule has 0 N–H and O–H groups in total. The summed E-state index contributed by atoms with van der Waals surface area (Å²) in [6.45, 7) is 23.1. The zero-order valence-corrected chi connectivity index (χ0v) is 45.1. The van der Waals surface area contributed by atoms with Gasteiger partial charge < -0.3 is 9.80 Å². The van der Waals surface area contributed by atoms with Gasteiger partial charge in [0.1, 0.15) is 0 Å². The summed E-state index contributed by atoms with van der Waals surface area (Å²) in [6.07, 6.45) is 0. The highest BCUT2D eigenvalue weighted by atomic mass is 32.1. The minimum Gasteiger partial charge on any atom is -0.311 e. The van der Waals surface area contributed by atoms with Crippen molar-refractivity contribution in [2.75, 3.05) is 9.80 Å². The van der Waals surface area contributed by atoms with E-state index in [2.05, 4.69) is 255 Å². The first-order valence-electron chi connectivity index (χ1n) is 26.8. The molecule has 4 heteroatoms. The Morgan fingerprint density at radius 2 is 1.07 bits per heavy atom. The average Bonchev–Trinajstić information content (AvgIpc) is 4.15. The van der Waals surface area contributed by atoms with Crippen LogP contribution in [-0.2, 0) is 10.8 Å². The van der Waals surface area contributed by atoms with Gasteiger partial charge in [-0.15, -0.1) is 11.3 Å². The van der Waals surface area contributed by atoms with Gasteiger partial charge in [0, 0.05) is 43.3 Å². The summed E-state index contributed by atoms with van der Waals surface area (Å²) < 4.78 is 2.73. The van der Waals surface area contributed by atoms with E-state index < -0.39 is 5.41 Å². The van der Waals surface area contributed by atoms with E-state index in [-0.39, 0.29) is 12.1 Å². The van der Waals surface area contributed by atoms with Gasteiger partial charge in [-0.1, -0.05) is 181 Å². The highest BCUT2D eigenvalue weighted by Gasteiger charge is 2.53. The van der Waals surface area contributed by atoms with Crippen LogP contribution >= 0.6 is 11.3 Å². The quantitative estimate of drug-likeness (QED) is 0.159. The van der Waals surface area contributed by atoms with E-state index in [9.17, 15) is 0 Å². The Kier molecular flexibility index (Phi) is 9.81. The number of rotatable bonds is 5. The van der Waals surface area contributed by atoms with E-state index in [1.807, 2.05) is 11.3 Å². The highest BCUT2D eigenvalue weighted by Crippen LogP contribution is 2.64. The van der Waals surface area contributed by atoms with Crippen LogP contribution in [0.2, 0.25) is 0 Å². The summed E-state index contributed by atoms with van der Waals surface area (Å²) in [5.74, 6) is 0.759. The van der Waals surface area contributed by atoms with Crippen molar-refractivity contribution in [3.05, 3.63) is 232 Å². The second-order valence-electron chi connectivity index (χ2n) is 23.4. The molecule has 0 saturated carbocycles. The number of fused-ring (bicyclic) bond motifs is 16. The highest BCUT2D eigenvalue weighted by molar-refractivity contribution is 7.33. The molecule has 0 fully saturated rings. The molecule has 0 atom stereocenters. The second-order valence-corrected chi connectivity index (χ2v) is 24.5. The number of hydrogen-bond acceptors (Lipinski definition) is 3. The monoisotopic (exact) mass is 972 g/mol. The van der Waals surface area contributed by atoms with E-state index >= 15 is 0 Å². The summed E-state index contributed by atoms with van der Waals surface area (Å²) in [4.78, 5) is 5.25. The molecule has 0 saturated heterocycles. The molecule has 10 aromatic rings. The number of thiophene rings is 1. The number of nitrogens with zero attached hydrogens (tertiary/aromatic N) is 2. The lowest BCUT2D eigenvalue weighted by Crippen LogP contribution is -2.60. The number of anilines is 6. The predicted molar refractivity (Wildman–Crippen MR) is 319 cm³/mol. The standard InChI is InChI=1S/C70H61BN2S/c1-40(2)49-18-15-19-50(41(3)4)65(49)45-25-33-60-61(37-45)72(47-28-22-42(5)23-29-47)62-35-44(7)36-63-66(62)71(60)68-67(73(63)48-30-26-46(27-31-48)69(8,9)10)55-38-54-53-32-24-43(6)34-58(53)70(59(54)39-64(55)74-68)56-20-13-11-16-51(56)52-17-12-14-21-57(52)70/h11-41H,1-10H3. The van der Waals surface area contributed by atoms with Gasteiger partial charge in [-0.25, -0.2) is 0 Å². The third kappa shape index (κ3) is 6.24. The maximum atomic E-state index is 2.65. The Labute approximate surface area is 442 Å². The molecule has 1 spiro atoms. The second kappa shape index (κ2) is 16.1. The molecule has 0 amide bonds. The topological polar surface area (TPSA) is 6.48 Å². The molecule has 2 aliphatic carbocycles. The molecule has 74 heavy (non-hydrogen) atoms. The van der Waals surface area contributed by atoms with E-state index in [0.717, 1.165) is 0 Å². The lowest BCUT2D eigenvalue weighted by Gasteiger charge is -2.43. The molecule has 2 nitrogen and oxygen atoms in total. The van der Waals surface area contributed by atoms with E-state index in [1.165, 1.54) is 149 Å². The van der Waals surface area contributed by atoms with E-state index in [1.54, 1.807) is 0 Å². The number of aryl methyl sites for hydroxylation is 3. The minimum absolute atomic E-state index is 0.000396. The van der Waals surface area contributed by atoms with Crippen molar-refractivity contribution in [3.63, 3.8) is 0 Å². The fourth-order valence-electron chi connectivity index (χ4n) is 13.7. The molecular formula is C70H61BN2S. The summed E-state index contributed by atoms with van der Waals surface area (Å²) in [7, 11) is 0. The summed E-state index contributed by atoms with van der Waals surface area (Å²) >= 11 is 2.02. The molecule has 360 valence electrons. The van der Waals surface area contributed by atoms with Crippen molar-refractivity contribution >= 4 is 78.0 Å². The molecule has 0 radical (unpaired) electrons. The summed E-state index contributed by atoms with van der Waals surface area (Å²) in [5, 5.41) is 1.31. The maximum absolute atomic E-state index is 2.65. The SMILES string of the molecule is Cc1ccc(N2c3cc(-c4c(C(C)C)cccc4C(C)C)ccc3B3c4sc5cc6c(cc5c4N(c4ccc(C(C)(C)C)cc4)c4cc(C)cc2c43)-c2ccc(C)cc2C62c3ccccc3-c3ccccc32)cc1. The molecule has 4 aliphatic rings. The van der Waals surface area contributed by atoms with Crippen LogP contribution in [0.4, 0.5) is 34.1 Å². The first kappa shape index (κ1) is 45.2. The van der Waals surface area contributed by atoms with Crippen molar-refractivity contribution in [2.45, 2.75) is 91.9 Å². The van der Waals surface area contributed by atoms with E-state index in [4.69, 9.17) is 0 Å². The van der Waals surface area contributed by atoms with Crippen LogP contribution in [0.5, 0.6) is 0 Å². The van der Waals surface area contributed by atoms with Gasteiger partial charge in [0.15, 0.2) is 0 Å². The van der Waals surface area contributed by atoms with Crippen molar-refractivity contribution < 1.29 is 0 Å². The largest absolute Gasteiger partial charge is 0.311 e. The Hall–Kier alpha value is -7.40. The van der Waals surface area contributed by atoms with Crippen LogP contribution < -0.4 is 25.5 Å². The van der Waals surface area contributed by atoms with Crippen LogP contribution in [-0.4, -0.2) is 6.71 Å². The van der Waals surface area contributed by atoms with Gasteiger partial charge in [-0.3, -0.25) is 0 Å². The zero-order valence-electron chi connectivity index (χ0n) is 44.3. The van der Waals surface area contributed by atoms with Crippen LogP contribution in [0, 0.1) is 20.8 Å². The fraction of sp³-hybridized carbons (Fsp3) is 0.200. The first-order valence-corrected chi connectivity index (χ1v) is 27.6. The smallest absolute Gasteiger partial charge is 0.264 e. The third-order valence-electron chi connectivity index (χ3n) is 17.1. The van der Waals surface area contributed by atoms with Crippen LogP contribution in [0.25, 0.3) is 43.5 Å². The maximum Gasteiger partial charge on any atom is 0.264 e. The van der Waals surface area contributed by atoms with Crippen molar-refractivity contribution in [1.82, 2.24) is 0 Å². The molecule has 14 rings (SSSR count). The Balaban J connectivity index is 1.09. The third-order valence-corrected chi connectivity index (χ3v) is 18.3. The van der Waals surface area contributed by atoms with Crippen molar-refractivity contribution in [3.8, 4) is 33.4 Å². The van der Waals surface area contributed by atoms with Gasteiger partial charge >= 0.3 is 0 Å². The zero-order chi connectivity index (χ0) is 50.7. The Morgan fingerprint density at radius 3 is 1.72 bits per heavy atom. The number of hydrogen-bond donors (Lipinski definition) is 0. The number of benzene rings is 9. The first-order chi connectivity index (χ1) is 35.7. The van der Waals surface area contributed by atoms with Crippen LogP contribution in [0.3, 0.4) is 0 Å². The molecule has 9 aromatic carbocycles. The van der Waals surface area contributed by atoms with Crippen LogP contribution in [0.15, 0.2) is 176 Å². The van der Waals surface area contributed by atoms with Gasteiger partial charge in [0.2, 0.25) is 0 Å². The lowest BCUT2D eigenvalue weighted by atomic mass is 9.36. The van der Waals surface area contributed by atoms with Crippen LogP contribution in [0.1, 0.15) is 116 Å². The van der Waals surface area contributed by atoms with Gasteiger partial charge in [0.25, 0.3) is 6.71 Å². The minimum atomic E-state index is -0.429. The van der Waals surface area contributed by atoms with E-state index in [0.29, 0.717) is 11.8 Å². The fourth-order valence-corrected chi connectivity index (χ4v) is 15.1. The average molecular weight is 973 g/mol. The normalized spacial score (nSPS) is 14.4.